The summed E-state index contributed by atoms with van der Waals surface area (Å²) in [6.45, 7) is 0.754. The van der Waals surface area contributed by atoms with Crippen LogP contribution >= 0.6 is 27.5 Å². The Bertz CT molecular complexity index is 677. The van der Waals surface area contributed by atoms with Crippen LogP contribution in [0.15, 0.2) is 47.1 Å². The van der Waals surface area contributed by atoms with Gasteiger partial charge in [-0.15, -0.1) is 0 Å². The second kappa shape index (κ2) is 6.16. The number of amides is 1. The summed E-state index contributed by atoms with van der Waals surface area (Å²) >= 11 is 9.38. The minimum atomic E-state index is -0.0289. The monoisotopic (exact) mass is 364 g/mol. The topological polar surface area (TPSA) is 33.2 Å². The molecule has 3 nitrogen and oxygen atoms in total. The van der Waals surface area contributed by atoms with Crippen LogP contribution in [0.5, 0.6) is 0 Å². The third kappa shape index (κ3) is 3.11. The number of nitrogens with zero attached hydrogens (tertiary/aromatic N) is 2. The van der Waals surface area contributed by atoms with E-state index in [9.17, 15) is 4.79 Å². The molecule has 3 rings (SSSR count). The van der Waals surface area contributed by atoms with Gasteiger partial charge >= 0.3 is 0 Å². The molecular formula is C16H14BrClN2O. The molecule has 5 heteroatoms. The summed E-state index contributed by atoms with van der Waals surface area (Å²) in [4.78, 5) is 18.8. The fourth-order valence-electron chi connectivity index (χ4n) is 2.74. The zero-order chi connectivity index (χ0) is 14.8. The largest absolute Gasteiger partial charge is 0.330 e. The van der Waals surface area contributed by atoms with Crippen molar-refractivity contribution >= 4 is 33.4 Å². The molecule has 0 aliphatic carbocycles. The van der Waals surface area contributed by atoms with Crippen LogP contribution in [0.3, 0.4) is 0 Å². The summed E-state index contributed by atoms with van der Waals surface area (Å²) in [5.74, 6) is -0.0289. The SMILES string of the molecule is O=C(c1cccc(Br)n1)N1CCCC1c1cccc(Cl)c1. The molecule has 0 bridgehead atoms. The summed E-state index contributed by atoms with van der Waals surface area (Å²) in [6.07, 6.45) is 1.96. The van der Waals surface area contributed by atoms with Gasteiger partial charge in [-0.1, -0.05) is 29.8 Å². The average Bonchev–Trinajstić information content (AvgIpc) is 2.96. The number of hydrogen-bond donors (Lipinski definition) is 0. The summed E-state index contributed by atoms with van der Waals surface area (Å²) in [7, 11) is 0. The molecule has 0 radical (unpaired) electrons. The second-order valence-electron chi connectivity index (χ2n) is 5.06. The van der Waals surface area contributed by atoms with Crippen molar-refractivity contribution in [3.05, 3.63) is 63.3 Å². The molecule has 1 atom stereocenters. The predicted molar refractivity (Wildman–Crippen MR) is 86.4 cm³/mol. The Morgan fingerprint density at radius 1 is 1.29 bits per heavy atom. The molecule has 1 aromatic carbocycles. The fraction of sp³-hybridized carbons (Fsp3) is 0.250. The molecule has 1 fully saturated rings. The third-order valence-electron chi connectivity index (χ3n) is 3.68. The summed E-state index contributed by atoms with van der Waals surface area (Å²) in [5.41, 5.74) is 1.56. The van der Waals surface area contributed by atoms with Crippen LogP contribution in [-0.2, 0) is 0 Å². The molecular weight excluding hydrogens is 352 g/mol. The standard InChI is InChI=1S/C16H14BrClN2O/c17-15-8-2-6-13(19-15)16(21)20-9-3-7-14(20)11-4-1-5-12(18)10-11/h1-2,4-6,8,10,14H,3,7,9H2. The van der Waals surface area contributed by atoms with Gasteiger partial charge in [-0.2, -0.15) is 0 Å². The lowest BCUT2D eigenvalue weighted by atomic mass is 10.0. The van der Waals surface area contributed by atoms with E-state index in [-0.39, 0.29) is 11.9 Å². The molecule has 0 saturated carbocycles. The first kappa shape index (κ1) is 14.5. The maximum Gasteiger partial charge on any atom is 0.273 e. The van der Waals surface area contributed by atoms with Crippen LogP contribution < -0.4 is 0 Å². The molecule has 2 aromatic rings. The molecule has 1 aliphatic rings. The zero-order valence-electron chi connectivity index (χ0n) is 11.3. The molecule has 1 aliphatic heterocycles. The Labute approximate surface area is 137 Å². The van der Waals surface area contributed by atoms with Gasteiger partial charge in [0.25, 0.3) is 5.91 Å². The van der Waals surface area contributed by atoms with Crippen molar-refractivity contribution in [2.24, 2.45) is 0 Å². The van der Waals surface area contributed by atoms with Crippen molar-refractivity contribution in [3.8, 4) is 0 Å². The summed E-state index contributed by atoms with van der Waals surface area (Å²) in [5, 5.41) is 0.701. The number of hydrogen-bond acceptors (Lipinski definition) is 2. The Balaban J connectivity index is 1.89. The first-order chi connectivity index (χ1) is 10.1. The minimum Gasteiger partial charge on any atom is -0.330 e. The Morgan fingerprint density at radius 3 is 2.86 bits per heavy atom. The van der Waals surface area contributed by atoms with Gasteiger partial charge in [-0.3, -0.25) is 4.79 Å². The van der Waals surface area contributed by atoms with Gasteiger partial charge in [0, 0.05) is 11.6 Å². The second-order valence-corrected chi connectivity index (χ2v) is 6.31. The number of halogens is 2. The number of pyridine rings is 1. The molecule has 108 valence electrons. The normalized spacial score (nSPS) is 18.0. The summed E-state index contributed by atoms with van der Waals surface area (Å²) < 4.78 is 0.673. The molecule has 0 N–H and O–H groups in total. The number of aromatic nitrogens is 1. The fourth-order valence-corrected chi connectivity index (χ4v) is 3.29. The number of carbonyl (C=O) groups excluding carboxylic acids is 1. The lowest BCUT2D eigenvalue weighted by Gasteiger charge is -2.25. The molecule has 1 amide bonds. The van der Waals surface area contributed by atoms with E-state index in [1.807, 2.05) is 41.3 Å². The van der Waals surface area contributed by atoms with E-state index < -0.39 is 0 Å². The molecule has 1 aromatic heterocycles. The lowest BCUT2D eigenvalue weighted by molar-refractivity contribution is 0.0729. The van der Waals surface area contributed by atoms with E-state index in [2.05, 4.69) is 20.9 Å². The zero-order valence-corrected chi connectivity index (χ0v) is 13.6. The highest BCUT2D eigenvalue weighted by Crippen LogP contribution is 2.33. The lowest BCUT2D eigenvalue weighted by Crippen LogP contribution is -2.31. The van der Waals surface area contributed by atoms with Crippen molar-refractivity contribution in [2.75, 3.05) is 6.54 Å². The van der Waals surface area contributed by atoms with Crippen LogP contribution in [-0.4, -0.2) is 22.3 Å². The van der Waals surface area contributed by atoms with Crippen LogP contribution in [0, 0.1) is 0 Å². The van der Waals surface area contributed by atoms with Crippen molar-refractivity contribution in [2.45, 2.75) is 18.9 Å². The van der Waals surface area contributed by atoms with Gasteiger partial charge in [-0.05, 0) is 58.6 Å². The number of carbonyl (C=O) groups is 1. The first-order valence-corrected chi connectivity index (χ1v) is 8.01. The molecule has 21 heavy (non-hydrogen) atoms. The van der Waals surface area contributed by atoms with E-state index in [1.54, 1.807) is 6.07 Å². The predicted octanol–water partition coefficient (Wildman–Crippen LogP) is 4.47. The van der Waals surface area contributed by atoms with E-state index in [1.165, 1.54) is 0 Å². The minimum absolute atomic E-state index is 0.0289. The number of rotatable bonds is 2. The van der Waals surface area contributed by atoms with Gasteiger partial charge in [0.1, 0.15) is 10.3 Å². The van der Waals surface area contributed by atoms with E-state index in [0.717, 1.165) is 24.9 Å². The maximum absolute atomic E-state index is 12.7. The van der Waals surface area contributed by atoms with Crippen molar-refractivity contribution < 1.29 is 4.79 Å². The first-order valence-electron chi connectivity index (χ1n) is 6.84. The van der Waals surface area contributed by atoms with Crippen LogP contribution in [0.1, 0.15) is 34.9 Å². The van der Waals surface area contributed by atoms with Crippen LogP contribution in [0.4, 0.5) is 0 Å². The summed E-state index contributed by atoms with van der Waals surface area (Å²) in [6, 6.07) is 13.2. The van der Waals surface area contributed by atoms with Crippen LogP contribution in [0.2, 0.25) is 5.02 Å². The number of benzene rings is 1. The van der Waals surface area contributed by atoms with E-state index >= 15 is 0 Å². The molecule has 1 saturated heterocycles. The average molecular weight is 366 g/mol. The van der Waals surface area contributed by atoms with Gasteiger partial charge in [0.2, 0.25) is 0 Å². The smallest absolute Gasteiger partial charge is 0.273 e. The third-order valence-corrected chi connectivity index (χ3v) is 4.36. The molecule has 1 unspecified atom stereocenters. The highest BCUT2D eigenvalue weighted by molar-refractivity contribution is 9.10. The van der Waals surface area contributed by atoms with Crippen molar-refractivity contribution in [3.63, 3.8) is 0 Å². The van der Waals surface area contributed by atoms with Gasteiger partial charge in [-0.25, -0.2) is 4.98 Å². The van der Waals surface area contributed by atoms with E-state index in [4.69, 9.17) is 11.6 Å². The number of likely N-dealkylation sites (tertiary alicyclic amines) is 1. The van der Waals surface area contributed by atoms with Gasteiger partial charge in [0.15, 0.2) is 0 Å². The van der Waals surface area contributed by atoms with Gasteiger partial charge < -0.3 is 4.90 Å². The van der Waals surface area contributed by atoms with E-state index in [0.29, 0.717) is 15.3 Å². The maximum atomic E-state index is 12.7. The molecule has 2 heterocycles. The highest BCUT2D eigenvalue weighted by atomic mass is 79.9. The Hall–Kier alpha value is -1.39. The molecule has 0 spiro atoms. The van der Waals surface area contributed by atoms with Crippen LogP contribution in [0.25, 0.3) is 0 Å². The van der Waals surface area contributed by atoms with Crippen molar-refractivity contribution in [1.82, 2.24) is 9.88 Å². The Kier molecular flexibility index (Phi) is 4.27. The Morgan fingerprint density at radius 2 is 2.10 bits per heavy atom. The highest BCUT2D eigenvalue weighted by Gasteiger charge is 2.31. The van der Waals surface area contributed by atoms with Crippen molar-refractivity contribution in [1.29, 1.82) is 0 Å². The quantitative estimate of drug-likeness (QED) is 0.735. The van der Waals surface area contributed by atoms with Gasteiger partial charge in [0.05, 0.1) is 6.04 Å².